The van der Waals surface area contributed by atoms with E-state index in [1.807, 2.05) is 75.4 Å². The van der Waals surface area contributed by atoms with Gasteiger partial charge in [-0.15, -0.1) is 0 Å². The number of pyridine rings is 1. The summed E-state index contributed by atoms with van der Waals surface area (Å²) in [6.07, 6.45) is 2.15. The highest BCUT2D eigenvalue weighted by atomic mass is 28.3. The first kappa shape index (κ1) is 30.6. The number of benzene rings is 2. The number of nitrogens with zero attached hydrogens (tertiary/aromatic N) is 3. The normalized spacial score (nSPS) is 13.7. The zero-order valence-electron chi connectivity index (χ0n) is 26.2. The van der Waals surface area contributed by atoms with Crippen molar-refractivity contribution in [3.8, 4) is 11.4 Å². The van der Waals surface area contributed by atoms with Gasteiger partial charge in [-0.3, -0.25) is 9.36 Å². The van der Waals surface area contributed by atoms with Crippen LogP contribution in [0.15, 0.2) is 71.7 Å². The first-order chi connectivity index (χ1) is 20.4. The van der Waals surface area contributed by atoms with E-state index in [4.69, 9.17) is 14.2 Å². The van der Waals surface area contributed by atoms with Crippen molar-refractivity contribution in [3.05, 3.63) is 94.0 Å². The molecule has 5 rings (SSSR count). The molecule has 43 heavy (non-hydrogen) atoms. The highest BCUT2D eigenvalue weighted by molar-refractivity contribution is 6.76. The van der Waals surface area contributed by atoms with Gasteiger partial charge in [-0.2, -0.15) is 0 Å². The molecule has 0 aliphatic carbocycles. The number of hydrogen-bond donors (Lipinski definition) is 0. The third-order valence-electron chi connectivity index (χ3n) is 7.52. The lowest BCUT2D eigenvalue weighted by atomic mass is 10.0. The second-order valence-corrected chi connectivity index (χ2v) is 19.0. The van der Waals surface area contributed by atoms with Crippen molar-refractivity contribution < 1.29 is 19.0 Å². The first-order valence-corrected chi connectivity index (χ1v) is 18.7. The summed E-state index contributed by atoms with van der Waals surface area (Å²) < 4.78 is 21.6. The zero-order valence-corrected chi connectivity index (χ0v) is 27.2. The van der Waals surface area contributed by atoms with E-state index < -0.39 is 13.7 Å². The molecule has 0 unspecified atom stereocenters. The van der Waals surface area contributed by atoms with Gasteiger partial charge in [-0.05, 0) is 50.6 Å². The number of amides is 1. The van der Waals surface area contributed by atoms with E-state index >= 15 is 0 Å². The minimum atomic E-state index is -1.23. The van der Waals surface area contributed by atoms with E-state index in [0.717, 1.165) is 39.5 Å². The van der Waals surface area contributed by atoms with Gasteiger partial charge in [0.1, 0.15) is 24.7 Å². The number of carbonyl (C=O) groups excluding carboxylic acids is 1. The van der Waals surface area contributed by atoms with Gasteiger partial charge in [0.15, 0.2) is 0 Å². The molecule has 0 saturated heterocycles. The molecule has 3 heterocycles. The SMILES string of the molecule is CC(C)(C)OC(=O)N1CCc2c(c3ccc(-n4ccc(OCc5ccccc5)cc4=O)cc3n2COCC[Si](C)(C)C)C1. The van der Waals surface area contributed by atoms with Gasteiger partial charge in [0.25, 0.3) is 5.56 Å². The van der Waals surface area contributed by atoms with Crippen molar-refractivity contribution in [1.29, 1.82) is 0 Å². The van der Waals surface area contributed by atoms with Gasteiger partial charge in [0.05, 0.1) is 17.7 Å². The first-order valence-electron chi connectivity index (χ1n) is 15.0. The third kappa shape index (κ3) is 7.58. The summed E-state index contributed by atoms with van der Waals surface area (Å²) in [5.41, 5.74) is 4.32. The van der Waals surface area contributed by atoms with E-state index in [9.17, 15) is 9.59 Å². The van der Waals surface area contributed by atoms with Crippen LogP contribution in [0.2, 0.25) is 25.7 Å². The van der Waals surface area contributed by atoms with Crippen LogP contribution in [0.25, 0.3) is 16.6 Å². The van der Waals surface area contributed by atoms with Crippen molar-refractivity contribution in [2.24, 2.45) is 0 Å². The van der Waals surface area contributed by atoms with Crippen LogP contribution < -0.4 is 10.3 Å². The molecule has 4 aromatic rings. The molecule has 0 spiro atoms. The predicted octanol–water partition coefficient (Wildman–Crippen LogP) is 6.98. The number of carbonyl (C=O) groups is 1. The van der Waals surface area contributed by atoms with Gasteiger partial charge in [0, 0.05) is 56.6 Å². The van der Waals surface area contributed by atoms with Crippen LogP contribution in [0.4, 0.5) is 4.79 Å². The summed E-state index contributed by atoms with van der Waals surface area (Å²) in [7, 11) is -1.23. The predicted molar refractivity (Wildman–Crippen MR) is 173 cm³/mol. The Hall–Kier alpha value is -3.82. The molecule has 1 amide bonds. The van der Waals surface area contributed by atoms with E-state index in [2.05, 4.69) is 24.2 Å². The monoisotopic (exact) mass is 601 g/mol. The Kier molecular flexibility index (Phi) is 8.85. The number of ether oxygens (including phenoxy) is 3. The van der Waals surface area contributed by atoms with Crippen LogP contribution in [-0.4, -0.2) is 47.0 Å². The van der Waals surface area contributed by atoms with Gasteiger partial charge >= 0.3 is 6.09 Å². The largest absolute Gasteiger partial charge is 0.489 e. The van der Waals surface area contributed by atoms with Gasteiger partial charge in [-0.25, -0.2) is 4.79 Å². The van der Waals surface area contributed by atoms with Crippen molar-refractivity contribution in [2.75, 3.05) is 13.2 Å². The third-order valence-corrected chi connectivity index (χ3v) is 9.23. The molecule has 1 aliphatic rings. The molecule has 228 valence electrons. The van der Waals surface area contributed by atoms with Crippen molar-refractivity contribution in [2.45, 2.75) is 78.4 Å². The molecule has 2 aromatic carbocycles. The molecule has 0 N–H and O–H groups in total. The fraction of sp³-hybridized carbons (Fsp3) is 0.412. The molecular formula is C34H43N3O5Si. The fourth-order valence-electron chi connectivity index (χ4n) is 5.25. The van der Waals surface area contributed by atoms with Crippen LogP contribution in [0.1, 0.15) is 37.6 Å². The van der Waals surface area contributed by atoms with E-state index in [-0.39, 0.29) is 11.7 Å². The standard InChI is InChI=1S/C34H43N3O5Si/c1-34(2,3)42-33(39)35-16-15-30-29(22-35)28-13-12-26(20-31(28)37(30)24-40-18-19-43(4,5)6)36-17-14-27(21-32(36)38)41-23-25-10-8-7-9-11-25/h7-14,17,20-21H,15-16,18-19,22-24H2,1-6H3. The molecule has 0 radical (unpaired) electrons. The maximum atomic E-state index is 13.2. The Morgan fingerprint density at radius 1 is 1.00 bits per heavy atom. The minimum Gasteiger partial charge on any atom is -0.489 e. The lowest BCUT2D eigenvalue weighted by Gasteiger charge is -2.30. The van der Waals surface area contributed by atoms with Gasteiger partial charge in [-0.1, -0.05) is 56.0 Å². The number of hydrogen-bond acceptors (Lipinski definition) is 5. The molecule has 1 aliphatic heterocycles. The topological polar surface area (TPSA) is 74.9 Å². The maximum absolute atomic E-state index is 13.2. The lowest BCUT2D eigenvalue weighted by molar-refractivity contribution is 0.0220. The summed E-state index contributed by atoms with van der Waals surface area (Å²) >= 11 is 0. The maximum Gasteiger partial charge on any atom is 0.410 e. The Morgan fingerprint density at radius 2 is 1.77 bits per heavy atom. The molecular weight excluding hydrogens is 558 g/mol. The molecule has 0 bridgehead atoms. The smallest absolute Gasteiger partial charge is 0.410 e. The Labute approximate surface area is 254 Å². The summed E-state index contributed by atoms with van der Waals surface area (Å²) in [4.78, 5) is 27.9. The molecule has 8 nitrogen and oxygen atoms in total. The van der Waals surface area contributed by atoms with Crippen molar-refractivity contribution in [1.82, 2.24) is 14.0 Å². The number of fused-ring (bicyclic) bond motifs is 3. The average Bonchev–Trinajstić information content (AvgIpc) is 3.25. The van der Waals surface area contributed by atoms with E-state index in [1.165, 1.54) is 6.07 Å². The summed E-state index contributed by atoms with van der Waals surface area (Å²) in [5.74, 6) is 0.531. The second-order valence-electron chi connectivity index (χ2n) is 13.4. The lowest BCUT2D eigenvalue weighted by Crippen LogP contribution is -2.40. The average molecular weight is 602 g/mol. The molecule has 0 fully saturated rings. The summed E-state index contributed by atoms with van der Waals surface area (Å²) in [6.45, 7) is 15.3. The zero-order chi connectivity index (χ0) is 30.8. The summed E-state index contributed by atoms with van der Waals surface area (Å²) in [5, 5.41) is 1.05. The Bertz CT molecular complexity index is 1650. The highest BCUT2D eigenvalue weighted by Gasteiger charge is 2.30. The van der Waals surface area contributed by atoms with E-state index in [0.29, 0.717) is 45.2 Å². The fourth-order valence-corrected chi connectivity index (χ4v) is 6.01. The number of aromatic nitrogens is 2. The molecule has 2 aromatic heterocycles. The minimum absolute atomic E-state index is 0.171. The van der Waals surface area contributed by atoms with Crippen LogP contribution in [-0.2, 0) is 35.8 Å². The number of rotatable bonds is 9. The Morgan fingerprint density at radius 3 is 2.47 bits per heavy atom. The van der Waals surface area contributed by atoms with Gasteiger partial charge in [0.2, 0.25) is 0 Å². The van der Waals surface area contributed by atoms with Crippen LogP contribution in [0, 0.1) is 0 Å². The Balaban J connectivity index is 1.44. The molecule has 9 heteroatoms. The molecule has 0 atom stereocenters. The molecule has 0 saturated carbocycles. The van der Waals surface area contributed by atoms with Crippen molar-refractivity contribution >= 4 is 25.1 Å². The second kappa shape index (κ2) is 12.4. The van der Waals surface area contributed by atoms with Crippen LogP contribution in [0.3, 0.4) is 0 Å². The van der Waals surface area contributed by atoms with Crippen LogP contribution >= 0.6 is 0 Å². The van der Waals surface area contributed by atoms with Crippen molar-refractivity contribution in [3.63, 3.8) is 0 Å². The van der Waals surface area contributed by atoms with Crippen LogP contribution in [0.5, 0.6) is 5.75 Å². The quantitative estimate of drug-likeness (QED) is 0.153. The summed E-state index contributed by atoms with van der Waals surface area (Å²) in [6, 6.07) is 20.3. The van der Waals surface area contributed by atoms with E-state index in [1.54, 1.807) is 15.7 Å². The highest BCUT2D eigenvalue weighted by Crippen LogP contribution is 2.33. The van der Waals surface area contributed by atoms with Gasteiger partial charge < -0.3 is 23.7 Å².